The summed E-state index contributed by atoms with van der Waals surface area (Å²) in [6, 6.07) is 12.6. The Morgan fingerprint density at radius 1 is 1.22 bits per heavy atom. The highest BCUT2D eigenvalue weighted by Gasteiger charge is 2.21. The average molecular weight is 466 g/mol. The van der Waals surface area contributed by atoms with Crippen LogP contribution < -0.4 is 0 Å². The molecule has 0 aliphatic carbocycles. The predicted octanol–water partition coefficient (Wildman–Crippen LogP) is 5.07. The van der Waals surface area contributed by atoms with Crippen LogP contribution >= 0.6 is 22.9 Å². The molecule has 1 aromatic carbocycles. The van der Waals surface area contributed by atoms with Gasteiger partial charge in [0.05, 0.1) is 27.2 Å². The zero-order valence-electron chi connectivity index (χ0n) is 17.1. The van der Waals surface area contributed by atoms with Crippen LogP contribution in [-0.4, -0.2) is 30.9 Å². The van der Waals surface area contributed by atoms with E-state index >= 15 is 0 Å². The molecule has 5 rings (SSSR count). The third kappa shape index (κ3) is 3.76. The summed E-state index contributed by atoms with van der Waals surface area (Å²) < 4.78 is 12.8. The van der Waals surface area contributed by atoms with Crippen molar-refractivity contribution < 1.29 is 13.9 Å². The summed E-state index contributed by atoms with van der Waals surface area (Å²) in [6.07, 6.45) is 0. The SMILES string of the molecule is Cc1nn(C)c2nc(-c3cccs3)cc(C(=O)OCc3nnc(-c4ccc(Cl)cc4)o3)c12. The maximum atomic E-state index is 13.0. The molecule has 0 spiro atoms. The minimum Gasteiger partial charge on any atom is -0.452 e. The lowest BCUT2D eigenvalue weighted by atomic mass is 10.1. The van der Waals surface area contributed by atoms with Crippen LogP contribution in [-0.2, 0) is 18.4 Å². The molecule has 0 N–H and O–H groups in total. The third-order valence-electron chi connectivity index (χ3n) is 4.85. The first kappa shape index (κ1) is 20.3. The number of benzene rings is 1. The lowest BCUT2D eigenvalue weighted by Crippen LogP contribution is -2.07. The number of ether oxygens (including phenoxy) is 1. The van der Waals surface area contributed by atoms with E-state index in [4.69, 9.17) is 25.7 Å². The van der Waals surface area contributed by atoms with Crippen LogP contribution in [0.1, 0.15) is 21.9 Å². The number of aromatic nitrogens is 5. The van der Waals surface area contributed by atoms with Crippen LogP contribution in [0, 0.1) is 6.92 Å². The molecule has 0 aliphatic heterocycles. The Morgan fingerprint density at radius 3 is 2.78 bits per heavy atom. The molecule has 0 radical (unpaired) electrons. The minimum absolute atomic E-state index is 0.156. The number of rotatable bonds is 5. The summed E-state index contributed by atoms with van der Waals surface area (Å²) in [5.41, 5.74) is 3.11. The molecule has 10 heteroatoms. The number of thiophene rings is 1. The van der Waals surface area contributed by atoms with E-state index in [1.54, 1.807) is 53.4 Å². The van der Waals surface area contributed by atoms with Crippen LogP contribution in [0.25, 0.3) is 33.1 Å². The normalized spacial score (nSPS) is 11.2. The molecule has 0 fully saturated rings. The Labute approximate surface area is 191 Å². The van der Waals surface area contributed by atoms with Gasteiger partial charge < -0.3 is 9.15 Å². The van der Waals surface area contributed by atoms with Crippen LogP contribution in [0.4, 0.5) is 0 Å². The van der Waals surface area contributed by atoms with E-state index in [2.05, 4.69) is 15.3 Å². The van der Waals surface area contributed by atoms with Crippen molar-refractivity contribution in [2.75, 3.05) is 0 Å². The third-order valence-corrected chi connectivity index (χ3v) is 5.99. The highest BCUT2D eigenvalue weighted by atomic mass is 35.5. The predicted molar refractivity (Wildman–Crippen MR) is 120 cm³/mol. The molecular weight excluding hydrogens is 450 g/mol. The zero-order valence-corrected chi connectivity index (χ0v) is 18.6. The van der Waals surface area contributed by atoms with Gasteiger partial charge in [-0.15, -0.1) is 21.5 Å². The Balaban J connectivity index is 1.42. The monoisotopic (exact) mass is 465 g/mol. The van der Waals surface area contributed by atoms with Gasteiger partial charge in [-0.3, -0.25) is 4.68 Å². The second kappa shape index (κ2) is 8.18. The topological polar surface area (TPSA) is 95.9 Å². The van der Waals surface area contributed by atoms with Crippen molar-refractivity contribution in [3.8, 4) is 22.0 Å². The maximum absolute atomic E-state index is 13.0. The van der Waals surface area contributed by atoms with Crippen molar-refractivity contribution in [2.45, 2.75) is 13.5 Å². The van der Waals surface area contributed by atoms with Gasteiger partial charge in [0.1, 0.15) is 0 Å². The molecule has 32 heavy (non-hydrogen) atoms. The fourth-order valence-corrected chi connectivity index (χ4v) is 4.19. The molecular formula is C22H16ClN5O3S. The summed E-state index contributed by atoms with van der Waals surface area (Å²) in [6.45, 7) is 1.68. The first-order valence-electron chi connectivity index (χ1n) is 9.63. The number of carbonyl (C=O) groups excluding carboxylic acids is 1. The molecule has 0 saturated carbocycles. The van der Waals surface area contributed by atoms with Gasteiger partial charge in [-0.2, -0.15) is 5.10 Å². The summed E-state index contributed by atoms with van der Waals surface area (Å²) in [5, 5.41) is 15.6. The zero-order chi connectivity index (χ0) is 22.2. The highest BCUT2D eigenvalue weighted by molar-refractivity contribution is 7.13. The van der Waals surface area contributed by atoms with Gasteiger partial charge in [-0.05, 0) is 48.7 Å². The molecule has 0 amide bonds. The average Bonchev–Trinajstić information content (AvgIpc) is 3.54. The van der Waals surface area contributed by atoms with E-state index in [-0.39, 0.29) is 12.5 Å². The van der Waals surface area contributed by atoms with E-state index in [0.29, 0.717) is 38.9 Å². The number of esters is 1. The van der Waals surface area contributed by atoms with Crippen molar-refractivity contribution in [3.63, 3.8) is 0 Å². The Morgan fingerprint density at radius 2 is 2.03 bits per heavy atom. The van der Waals surface area contributed by atoms with Crippen molar-refractivity contribution in [3.05, 3.63) is 70.0 Å². The van der Waals surface area contributed by atoms with Crippen molar-refractivity contribution in [2.24, 2.45) is 7.05 Å². The van der Waals surface area contributed by atoms with Crippen molar-refractivity contribution >= 4 is 39.9 Å². The van der Waals surface area contributed by atoms with Crippen LogP contribution in [0.3, 0.4) is 0 Å². The number of carbonyl (C=O) groups is 1. The standard InChI is InChI=1S/C22H16ClN5O3S/c1-12-19-15(10-16(17-4-3-9-32-17)24-20(19)28(2)27-12)22(29)30-11-18-25-26-21(31-18)13-5-7-14(23)8-6-13/h3-10H,11H2,1-2H3. The fraction of sp³-hybridized carbons (Fsp3) is 0.136. The second-order valence-corrected chi connectivity index (χ2v) is 8.41. The molecule has 4 aromatic heterocycles. The maximum Gasteiger partial charge on any atom is 0.339 e. The summed E-state index contributed by atoms with van der Waals surface area (Å²) >= 11 is 7.45. The van der Waals surface area contributed by atoms with Gasteiger partial charge in [-0.1, -0.05) is 17.7 Å². The molecule has 4 heterocycles. The quantitative estimate of drug-likeness (QED) is 0.334. The van der Waals surface area contributed by atoms with Crippen molar-refractivity contribution in [1.82, 2.24) is 25.0 Å². The van der Waals surface area contributed by atoms with E-state index in [0.717, 1.165) is 10.4 Å². The first-order chi connectivity index (χ1) is 15.5. The molecule has 0 unspecified atom stereocenters. The molecule has 160 valence electrons. The van der Waals surface area contributed by atoms with E-state index in [1.807, 2.05) is 24.4 Å². The summed E-state index contributed by atoms with van der Waals surface area (Å²) in [7, 11) is 1.80. The molecule has 5 aromatic rings. The van der Waals surface area contributed by atoms with Crippen LogP contribution in [0.15, 0.2) is 52.3 Å². The van der Waals surface area contributed by atoms with Gasteiger partial charge in [0.15, 0.2) is 12.3 Å². The molecule has 0 aliphatic rings. The number of hydrogen-bond donors (Lipinski definition) is 0. The van der Waals surface area contributed by atoms with E-state index in [1.165, 1.54) is 0 Å². The lowest BCUT2D eigenvalue weighted by Gasteiger charge is -2.07. The van der Waals surface area contributed by atoms with Crippen LogP contribution in [0.2, 0.25) is 5.02 Å². The first-order valence-corrected chi connectivity index (χ1v) is 10.9. The Bertz CT molecular complexity index is 1420. The van der Waals surface area contributed by atoms with Gasteiger partial charge in [0, 0.05) is 17.6 Å². The largest absolute Gasteiger partial charge is 0.452 e. The molecule has 8 nitrogen and oxygen atoms in total. The minimum atomic E-state index is -0.516. The number of pyridine rings is 1. The number of nitrogens with zero attached hydrogens (tertiary/aromatic N) is 5. The van der Waals surface area contributed by atoms with Gasteiger partial charge >= 0.3 is 5.97 Å². The highest BCUT2D eigenvalue weighted by Crippen LogP contribution is 2.30. The summed E-state index contributed by atoms with van der Waals surface area (Å²) in [5.74, 6) is -0.00496. The number of hydrogen-bond acceptors (Lipinski definition) is 8. The molecule has 0 atom stereocenters. The molecule has 0 bridgehead atoms. The number of halogens is 1. The Hall–Kier alpha value is -3.56. The van der Waals surface area contributed by atoms with Gasteiger partial charge in [0.25, 0.3) is 5.89 Å². The fourth-order valence-electron chi connectivity index (χ4n) is 3.38. The van der Waals surface area contributed by atoms with Crippen LogP contribution in [0.5, 0.6) is 0 Å². The lowest BCUT2D eigenvalue weighted by molar-refractivity contribution is 0.0441. The number of aryl methyl sites for hydroxylation is 2. The van der Waals surface area contributed by atoms with Gasteiger partial charge in [-0.25, -0.2) is 9.78 Å². The second-order valence-electron chi connectivity index (χ2n) is 7.02. The Kier molecular flexibility index (Phi) is 5.20. The van der Waals surface area contributed by atoms with E-state index < -0.39 is 5.97 Å². The van der Waals surface area contributed by atoms with E-state index in [9.17, 15) is 4.79 Å². The summed E-state index contributed by atoms with van der Waals surface area (Å²) in [4.78, 5) is 18.7. The van der Waals surface area contributed by atoms with Gasteiger partial charge in [0.2, 0.25) is 5.89 Å². The number of fused-ring (bicyclic) bond motifs is 1. The smallest absolute Gasteiger partial charge is 0.339 e. The van der Waals surface area contributed by atoms with Crippen molar-refractivity contribution in [1.29, 1.82) is 0 Å². The molecule has 0 saturated heterocycles.